The predicted octanol–water partition coefficient (Wildman–Crippen LogP) is 3.67. The zero-order valence-electron chi connectivity index (χ0n) is 10.6. The SMILES string of the molecule is CCCCC1(C)C=C2OC(=O)C(C)C2CC1. The van der Waals surface area contributed by atoms with Crippen LogP contribution in [0.5, 0.6) is 0 Å². The van der Waals surface area contributed by atoms with Gasteiger partial charge in [0.25, 0.3) is 0 Å². The van der Waals surface area contributed by atoms with Crippen molar-refractivity contribution in [2.75, 3.05) is 0 Å². The number of allylic oxidation sites excluding steroid dienone is 2. The Balaban J connectivity index is 2.13. The van der Waals surface area contributed by atoms with Crippen molar-refractivity contribution in [1.29, 1.82) is 0 Å². The van der Waals surface area contributed by atoms with E-state index in [0.29, 0.717) is 5.92 Å². The normalized spacial score (nSPS) is 37.9. The molecule has 0 aromatic rings. The zero-order chi connectivity index (χ0) is 11.8. The number of hydrogen-bond acceptors (Lipinski definition) is 2. The second kappa shape index (κ2) is 4.23. The molecule has 3 unspecified atom stereocenters. The number of esters is 1. The molecule has 0 aromatic heterocycles. The molecular formula is C14H22O2. The molecule has 16 heavy (non-hydrogen) atoms. The van der Waals surface area contributed by atoms with E-state index in [0.717, 1.165) is 12.2 Å². The highest BCUT2D eigenvalue weighted by atomic mass is 16.5. The van der Waals surface area contributed by atoms with Gasteiger partial charge in [0.1, 0.15) is 5.76 Å². The molecule has 2 aliphatic rings. The van der Waals surface area contributed by atoms with Crippen LogP contribution in [-0.4, -0.2) is 5.97 Å². The number of carbonyl (C=O) groups is 1. The molecule has 0 aromatic carbocycles. The van der Waals surface area contributed by atoms with Gasteiger partial charge < -0.3 is 4.74 Å². The van der Waals surface area contributed by atoms with Crippen LogP contribution in [0.1, 0.15) is 52.9 Å². The van der Waals surface area contributed by atoms with Gasteiger partial charge in [-0.25, -0.2) is 0 Å². The first-order valence-corrected chi connectivity index (χ1v) is 6.50. The van der Waals surface area contributed by atoms with E-state index in [-0.39, 0.29) is 17.3 Å². The second-order valence-corrected chi connectivity index (χ2v) is 5.66. The maximum atomic E-state index is 11.5. The van der Waals surface area contributed by atoms with Crippen molar-refractivity contribution in [2.45, 2.75) is 52.9 Å². The topological polar surface area (TPSA) is 26.3 Å². The second-order valence-electron chi connectivity index (χ2n) is 5.66. The van der Waals surface area contributed by atoms with Crippen molar-refractivity contribution in [3.05, 3.63) is 11.8 Å². The summed E-state index contributed by atoms with van der Waals surface area (Å²) in [5.41, 5.74) is 0.256. The fourth-order valence-electron chi connectivity index (χ4n) is 2.90. The summed E-state index contributed by atoms with van der Waals surface area (Å²) in [6.07, 6.45) is 8.25. The van der Waals surface area contributed by atoms with Gasteiger partial charge >= 0.3 is 5.97 Å². The van der Waals surface area contributed by atoms with Gasteiger partial charge in [-0.3, -0.25) is 4.79 Å². The Bertz CT molecular complexity index is 319. The third-order valence-electron chi connectivity index (χ3n) is 4.18. The molecule has 1 aliphatic carbocycles. The van der Waals surface area contributed by atoms with E-state index in [2.05, 4.69) is 19.9 Å². The fraction of sp³-hybridized carbons (Fsp3) is 0.786. The van der Waals surface area contributed by atoms with E-state index in [9.17, 15) is 4.79 Å². The first kappa shape index (κ1) is 11.7. The monoisotopic (exact) mass is 222 g/mol. The lowest BCUT2D eigenvalue weighted by Crippen LogP contribution is -2.23. The lowest BCUT2D eigenvalue weighted by atomic mass is 9.71. The average molecular weight is 222 g/mol. The van der Waals surface area contributed by atoms with Crippen LogP contribution in [0.3, 0.4) is 0 Å². The summed E-state index contributed by atoms with van der Waals surface area (Å²) in [4.78, 5) is 11.5. The molecule has 2 rings (SSSR count). The number of carbonyl (C=O) groups excluding carboxylic acids is 1. The molecule has 0 spiro atoms. The van der Waals surface area contributed by atoms with Crippen LogP contribution in [0.25, 0.3) is 0 Å². The molecule has 1 heterocycles. The van der Waals surface area contributed by atoms with Gasteiger partial charge in [0.05, 0.1) is 5.92 Å². The van der Waals surface area contributed by atoms with Crippen LogP contribution >= 0.6 is 0 Å². The van der Waals surface area contributed by atoms with Gasteiger partial charge in [-0.15, -0.1) is 0 Å². The fourth-order valence-corrected chi connectivity index (χ4v) is 2.90. The number of fused-ring (bicyclic) bond motifs is 1. The van der Waals surface area contributed by atoms with Gasteiger partial charge in [0, 0.05) is 5.92 Å². The van der Waals surface area contributed by atoms with Crippen molar-refractivity contribution < 1.29 is 9.53 Å². The summed E-state index contributed by atoms with van der Waals surface area (Å²) in [6.45, 7) is 6.51. The standard InChI is InChI=1S/C14H22O2/c1-4-5-7-14(3)8-6-11-10(2)13(15)16-12(11)9-14/h9-11H,4-8H2,1-3H3. The van der Waals surface area contributed by atoms with Gasteiger partial charge in [-0.1, -0.05) is 33.6 Å². The van der Waals surface area contributed by atoms with Gasteiger partial charge in [0.2, 0.25) is 0 Å². The first-order valence-electron chi connectivity index (χ1n) is 6.50. The molecule has 0 radical (unpaired) electrons. The zero-order valence-corrected chi connectivity index (χ0v) is 10.6. The summed E-state index contributed by atoms with van der Waals surface area (Å²) in [5, 5.41) is 0. The number of rotatable bonds is 3. The average Bonchev–Trinajstić information content (AvgIpc) is 2.51. The van der Waals surface area contributed by atoms with Crippen molar-refractivity contribution in [3.63, 3.8) is 0 Å². The molecule has 1 saturated heterocycles. The first-order chi connectivity index (χ1) is 7.56. The van der Waals surface area contributed by atoms with Crippen molar-refractivity contribution >= 4 is 5.97 Å². The summed E-state index contributed by atoms with van der Waals surface area (Å²) in [6, 6.07) is 0. The number of unbranched alkanes of at least 4 members (excludes halogenated alkanes) is 1. The predicted molar refractivity (Wildman–Crippen MR) is 63.7 cm³/mol. The van der Waals surface area contributed by atoms with E-state index < -0.39 is 0 Å². The maximum Gasteiger partial charge on any atom is 0.314 e. The van der Waals surface area contributed by atoms with Crippen LogP contribution < -0.4 is 0 Å². The summed E-state index contributed by atoms with van der Waals surface area (Å²) >= 11 is 0. The Kier molecular flexibility index (Phi) is 3.09. The van der Waals surface area contributed by atoms with Crippen LogP contribution in [0.15, 0.2) is 11.8 Å². The van der Waals surface area contributed by atoms with Crippen molar-refractivity contribution in [1.82, 2.24) is 0 Å². The summed E-state index contributed by atoms with van der Waals surface area (Å²) in [7, 11) is 0. The van der Waals surface area contributed by atoms with Crippen LogP contribution in [0, 0.1) is 17.3 Å². The van der Waals surface area contributed by atoms with Crippen LogP contribution in [-0.2, 0) is 9.53 Å². The lowest BCUT2D eigenvalue weighted by Gasteiger charge is -2.32. The molecule has 2 heteroatoms. The van der Waals surface area contributed by atoms with E-state index in [4.69, 9.17) is 4.74 Å². The molecule has 0 amide bonds. The minimum Gasteiger partial charge on any atom is -0.431 e. The van der Waals surface area contributed by atoms with Crippen molar-refractivity contribution in [2.24, 2.45) is 17.3 Å². The molecule has 1 fully saturated rings. The maximum absolute atomic E-state index is 11.5. The largest absolute Gasteiger partial charge is 0.431 e. The Morgan fingerprint density at radius 3 is 3.00 bits per heavy atom. The quantitative estimate of drug-likeness (QED) is 0.681. The summed E-state index contributed by atoms with van der Waals surface area (Å²) in [5.74, 6) is 1.36. The highest BCUT2D eigenvalue weighted by Crippen LogP contribution is 2.46. The van der Waals surface area contributed by atoms with E-state index in [1.165, 1.54) is 25.7 Å². The molecule has 2 nitrogen and oxygen atoms in total. The Morgan fingerprint density at radius 1 is 1.56 bits per heavy atom. The Labute approximate surface area is 98.1 Å². The van der Waals surface area contributed by atoms with Gasteiger partial charge in [-0.05, 0) is 30.8 Å². The highest BCUT2D eigenvalue weighted by Gasteiger charge is 2.42. The molecule has 1 aliphatic heterocycles. The molecule has 0 bridgehead atoms. The molecular weight excluding hydrogens is 200 g/mol. The molecule has 90 valence electrons. The minimum atomic E-state index is -0.0315. The molecule has 0 saturated carbocycles. The summed E-state index contributed by atoms with van der Waals surface area (Å²) < 4.78 is 5.38. The number of ether oxygens (including phenoxy) is 1. The Hall–Kier alpha value is -0.790. The van der Waals surface area contributed by atoms with Gasteiger partial charge in [0.15, 0.2) is 0 Å². The van der Waals surface area contributed by atoms with Gasteiger partial charge in [-0.2, -0.15) is 0 Å². The van der Waals surface area contributed by atoms with Crippen LogP contribution in [0.2, 0.25) is 0 Å². The third-order valence-corrected chi connectivity index (χ3v) is 4.18. The Morgan fingerprint density at radius 2 is 2.31 bits per heavy atom. The molecule has 0 N–H and O–H groups in total. The van der Waals surface area contributed by atoms with E-state index >= 15 is 0 Å². The lowest BCUT2D eigenvalue weighted by molar-refractivity contribution is -0.138. The third kappa shape index (κ3) is 2.02. The number of hydrogen-bond donors (Lipinski definition) is 0. The molecule has 3 atom stereocenters. The highest BCUT2D eigenvalue weighted by molar-refractivity contribution is 5.77. The van der Waals surface area contributed by atoms with Crippen LogP contribution in [0.4, 0.5) is 0 Å². The smallest absolute Gasteiger partial charge is 0.314 e. The van der Waals surface area contributed by atoms with Crippen molar-refractivity contribution in [3.8, 4) is 0 Å². The van der Waals surface area contributed by atoms with E-state index in [1.807, 2.05) is 6.92 Å². The van der Waals surface area contributed by atoms with E-state index in [1.54, 1.807) is 0 Å². The minimum absolute atomic E-state index is 0.0315.